The van der Waals surface area contributed by atoms with Crippen LogP contribution in [0.3, 0.4) is 0 Å². The average molecular weight is 398 g/mol. The first-order chi connectivity index (χ1) is 13.8. The van der Waals surface area contributed by atoms with Crippen molar-refractivity contribution in [3.05, 3.63) is 70.3 Å². The minimum atomic E-state index is -0.117. The first kappa shape index (κ1) is 20.2. The van der Waals surface area contributed by atoms with Crippen LogP contribution in [0.25, 0.3) is 0 Å². The molecule has 0 aliphatic rings. The van der Waals surface area contributed by atoms with Crippen LogP contribution in [0.4, 0.5) is 0 Å². The van der Waals surface area contributed by atoms with Crippen LogP contribution in [0, 0.1) is 0 Å². The van der Waals surface area contributed by atoms with Crippen LogP contribution >= 0.6 is 0 Å². The summed E-state index contributed by atoms with van der Waals surface area (Å²) in [4.78, 5) is 0. The Balaban J connectivity index is 1.91. The molecule has 7 nitrogen and oxygen atoms in total. The summed E-state index contributed by atoms with van der Waals surface area (Å²) in [5.41, 5.74) is 1.86. The van der Waals surface area contributed by atoms with Crippen LogP contribution in [0.5, 0.6) is 34.5 Å². The van der Waals surface area contributed by atoms with Gasteiger partial charge in [-0.05, 0) is 42.5 Å². The van der Waals surface area contributed by atoms with E-state index < -0.39 is 0 Å². The zero-order chi connectivity index (χ0) is 21.1. The van der Waals surface area contributed by atoms with Crippen molar-refractivity contribution in [2.24, 2.45) is 0 Å². The van der Waals surface area contributed by atoms with E-state index in [4.69, 9.17) is 4.74 Å². The van der Waals surface area contributed by atoms with Gasteiger partial charge in [0, 0.05) is 47.8 Å². The molecule has 0 fully saturated rings. The highest BCUT2D eigenvalue weighted by molar-refractivity contribution is 5.53. The maximum absolute atomic E-state index is 10.4. The molecule has 0 aromatic heterocycles. The van der Waals surface area contributed by atoms with Gasteiger partial charge in [0.1, 0.15) is 34.5 Å². The van der Waals surface area contributed by atoms with E-state index in [0.29, 0.717) is 27.8 Å². The number of ether oxygens (including phenoxy) is 1. The van der Waals surface area contributed by atoms with Gasteiger partial charge in [-0.15, -0.1) is 0 Å². The van der Waals surface area contributed by atoms with E-state index in [9.17, 15) is 30.6 Å². The number of benzene rings is 3. The molecule has 0 atom stereocenters. The van der Waals surface area contributed by atoms with Crippen LogP contribution in [0.2, 0.25) is 0 Å². The number of phenols is 6. The van der Waals surface area contributed by atoms with Crippen LogP contribution in [0.15, 0.2) is 42.5 Å². The summed E-state index contributed by atoms with van der Waals surface area (Å²) in [5.74, 6) is -0.405. The van der Waals surface area contributed by atoms with E-state index >= 15 is 0 Å². The smallest absolute Gasteiger partial charge is 0.124 e. The fourth-order valence-electron chi connectivity index (χ4n) is 3.21. The molecule has 0 bridgehead atoms. The molecule has 3 rings (SSSR count). The molecule has 0 aliphatic heterocycles. The summed E-state index contributed by atoms with van der Waals surface area (Å²) < 4.78 is 5.00. The summed E-state index contributed by atoms with van der Waals surface area (Å²) >= 11 is 0. The van der Waals surface area contributed by atoms with Gasteiger partial charge >= 0.3 is 0 Å². The normalized spacial score (nSPS) is 10.9. The molecule has 0 amide bonds. The predicted octanol–water partition coefficient (Wildman–Crippen LogP) is 3.25. The SMILES string of the molecule is COCc1cc(O)cc(Cc2cc(O)c(Cc3cc(O)ccc3O)cc2O)c1O. The third kappa shape index (κ3) is 4.47. The van der Waals surface area contributed by atoms with E-state index in [1.54, 1.807) is 0 Å². The number of rotatable bonds is 6. The Kier molecular flexibility index (Phi) is 5.70. The summed E-state index contributed by atoms with van der Waals surface area (Å²) in [5, 5.41) is 60.6. The Bertz CT molecular complexity index is 1040. The number of aromatic hydroxyl groups is 6. The van der Waals surface area contributed by atoms with Crippen LogP contribution < -0.4 is 0 Å². The highest BCUT2D eigenvalue weighted by atomic mass is 16.5. The molecule has 29 heavy (non-hydrogen) atoms. The molecule has 0 saturated carbocycles. The van der Waals surface area contributed by atoms with Crippen molar-refractivity contribution in [3.63, 3.8) is 0 Å². The standard InChI is InChI=1S/C22H22O7/c1-29-11-16-8-18(24)7-15(22(16)28)5-14-10-20(26)13(9-21(14)27)4-12-6-17(23)2-3-19(12)25/h2-3,6-10,23-28H,4-5,11H2,1H3. The van der Waals surface area contributed by atoms with Gasteiger partial charge in [0.05, 0.1) is 6.61 Å². The molecular weight excluding hydrogens is 376 g/mol. The van der Waals surface area contributed by atoms with Crippen molar-refractivity contribution in [2.45, 2.75) is 19.4 Å². The van der Waals surface area contributed by atoms with Crippen molar-refractivity contribution >= 4 is 0 Å². The maximum Gasteiger partial charge on any atom is 0.124 e. The Morgan fingerprint density at radius 2 is 1.10 bits per heavy atom. The van der Waals surface area contributed by atoms with Gasteiger partial charge in [-0.3, -0.25) is 0 Å². The summed E-state index contributed by atoms with van der Waals surface area (Å²) in [6, 6.07) is 9.57. The Morgan fingerprint density at radius 3 is 1.72 bits per heavy atom. The molecular formula is C22H22O7. The molecule has 3 aromatic carbocycles. The second kappa shape index (κ2) is 8.20. The predicted molar refractivity (Wildman–Crippen MR) is 106 cm³/mol. The summed E-state index contributed by atoms with van der Waals surface area (Å²) in [7, 11) is 1.47. The average Bonchev–Trinajstić information content (AvgIpc) is 2.66. The van der Waals surface area contributed by atoms with Crippen LogP contribution in [-0.2, 0) is 24.2 Å². The number of hydrogen-bond acceptors (Lipinski definition) is 7. The fraction of sp³-hybridized carbons (Fsp3) is 0.182. The number of hydrogen-bond donors (Lipinski definition) is 6. The van der Waals surface area contributed by atoms with E-state index in [1.165, 1.54) is 49.6 Å². The monoisotopic (exact) mass is 398 g/mol. The number of phenolic OH excluding ortho intramolecular Hbond substituents is 6. The van der Waals surface area contributed by atoms with E-state index in [-0.39, 0.29) is 53.9 Å². The number of methoxy groups -OCH3 is 1. The lowest BCUT2D eigenvalue weighted by molar-refractivity contribution is 0.181. The lowest BCUT2D eigenvalue weighted by Gasteiger charge is -2.14. The van der Waals surface area contributed by atoms with Gasteiger partial charge in [-0.2, -0.15) is 0 Å². The molecule has 6 N–H and O–H groups in total. The minimum Gasteiger partial charge on any atom is -0.508 e. The zero-order valence-electron chi connectivity index (χ0n) is 15.8. The van der Waals surface area contributed by atoms with Gasteiger partial charge in [0.2, 0.25) is 0 Å². The highest BCUT2D eigenvalue weighted by Crippen LogP contribution is 2.36. The molecule has 152 valence electrons. The molecule has 0 saturated heterocycles. The largest absolute Gasteiger partial charge is 0.508 e. The highest BCUT2D eigenvalue weighted by Gasteiger charge is 2.16. The van der Waals surface area contributed by atoms with Crippen molar-refractivity contribution in [1.29, 1.82) is 0 Å². The van der Waals surface area contributed by atoms with Crippen molar-refractivity contribution in [3.8, 4) is 34.5 Å². The minimum absolute atomic E-state index is 0.0237. The van der Waals surface area contributed by atoms with Crippen LogP contribution in [-0.4, -0.2) is 37.7 Å². The quantitative estimate of drug-likeness (QED) is 0.351. The van der Waals surface area contributed by atoms with Gasteiger partial charge in [0.25, 0.3) is 0 Å². The van der Waals surface area contributed by atoms with E-state index in [2.05, 4.69) is 0 Å². The van der Waals surface area contributed by atoms with Crippen molar-refractivity contribution in [2.75, 3.05) is 7.11 Å². The Hall–Kier alpha value is -3.58. The fourth-order valence-corrected chi connectivity index (χ4v) is 3.21. The third-order valence-corrected chi connectivity index (χ3v) is 4.66. The van der Waals surface area contributed by atoms with Gasteiger partial charge in [0.15, 0.2) is 0 Å². The van der Waals surface area contributed by atoms with Gasteiger partial charge in [-0.1, -0.05) is 0 Å². The first-order valence-electron chi connectivity index (χ1n) is 8.85. The maximum atomic E-state index is 10.4. The van der Waals surface area contributed by atoms with E-state index in [0.717, 1.165) is 0 Å². The lowest BCUT2D eigenvalue weighted by atomic mass is 9.96. The van der Waals surface area contributed by atoms with Crippen molar-refractivity contribution < 1.29 is 35.4 Å². The van der Waals surface area contributed by atoms with Gasteiger partial charge in [-0.25, -0.2) is 0 Å². The second-order valence-corrected chi connectivity index (χ2v) is 6.82. The van der Waals surface area contributed by atoms with Crippen molar-refractivity contribution in [1.82, 2.24) is 0 Å². The van der Waals surface area contributed by atoms with E-state index in [1.807, 2.05) is 0 Å². The molecule has 0 spiro atoms. The van der Waals surface area contributed by atoms with Gasteiger partial charge < -0.3 is 35.4 Å². The Labute approximate surface area is 167 Å². The second-order valence-electron chi connectivity index (χ2n) is 6.82. The Morgan fingerprint density at radius 1 is 0.586 bits per heavy atom. The zero-order valence-corrected chi connectivity index (χ0v) is 15.8. The summed E-state index contributed by atoms with van der Waals surface area (Å²) in [6.45, 7) is 0.108. The molecule has 7 heteroatoms. The first-order valence-corrected chi connectivity index (χ1v) is 8.85. The van der Waals surface area contributed by atoms with Crippen LogP contribution in [0.1, 0.15) is 27.8 Å². The molecule has 3 aromatic rings. The molecule has 0 radical (unpaired) electrons. The molecule has 0 unspecified atom stereocenters. The third-order valence-electron chi connectivity index (χ3n) is 4.66. The molecule has 0 heterocycles. The molecule has 0 aliphatic carbocycles. The topological polar surface area (TPSA) is 131 Å². The summed E-state index contributed by atoms with van der Waals surface area (Å²) in [6.07, 6.45) is 0.156. The lowest BCUT2D eigenvalue weighted by Crippen LogP contribution is -1.97.